The van der Waals surface area contributed by atoms with Crippen LogP contribution in [0.2, 0.25) is 5.02 Å². The number of para-hydroxylation sites is 1. The molecule has 3 rings (SSSR count). The number of carbonyl (C=O) groups excluding carboxylic acids is 1. The van der Waals surface area contributed by atoms with Gasteiger partial charge in [-0.3, -0.25) is 4.79 Å². The summed E-state index contributed by atoms with van der Waals surface area (Å²) < 4.78 is 11.1. The number of rotatable bonds is 9. The van der Waals surface area contributed by atoms with E-state index in [2.05, 4.69) is 5.32 Å². The average Bonchev–Trinajstić information content (AvgIpc) is 2.75. The molecule has 1 fully saturated rings. The van der Waals surface area contributed by atoms with Crippen molar-refractivity contribution < 1.29 is 24.1 Å². The van der Waals surface area contributed by atoms with Crippen molar-refractivity contribution in [3.63, 3.8) is 0 Å². The van der Waals surface area contributed by atoms with Crippen LogP contribution in [0.4, 0.5) is 0 Å². The summed E-state index contributed by atoms with van der Waals surface area (Å²) in [5.74, 6) is 1.74. The SMILES string of the molecule is COc1ccccc1CNC(=O)C[NH+]1CC[NH+](CCOc2ccc(Cl)cc2)CC1. The highest BCUT2D eigenvalue weighted by Gasteiger charge is 2.24. The van der Waals surface area contributed by atoms with Crippen molar-refractivity contribution in [2.75, 3.05) is 53.0 Å². The second kappa shape index (κ2) is 11.0. The lowest BCUT2D eigenvalue weighted by atomic mass is 10.2. The molecule has 0 aromatic heterocycles. The Morgan fingerprint density at radius 2 is 1.72 bits per heavy atom. The minimum Gasteiger partial charge on any atom is -0.496 e. The Morgan fingerprint density at radius 3 is 2.45 bits per heavy atom. The quantitative estimate of drug-likeness (QED) is 0.529. The van der Waals surface area contributed by atoms with Crippen molar-refractivity contribution in [2.24, 2.45) is 0 Å². The molecule has 2 aromatic rings. The van der Waals surface area contributed by atoms with E-state index >= 15 is 0 Å². The summed E-state index contributed by atoms with van der Waals surface area (Å²) in [6, 6.07) is 15.2. The van der Waals surface area contributed by atoms with Crippen molar-refractivity contribution in [1.82, 2.24) is 5.32 Å². The van der Waals surface area contributed by atoms with Crippen LogP contribution in [0.5, 0.6) is 11.5 Å². The number of hydrogen-bond acceptors (Lipinski definition) is 3. The number of quaternary nitrogens is 2. The molecule has 1 saturated heterocycles. The maximum absolute atomic E-state index is 12.3. The number of halogens is 1. The molecule has 1 heterocycles. The van der Waals surface area contributed by atoms with Gasteiger partial charge in [0.15, 0.2) is 6.54 Å². The molecule has 7 heteroatoms. The predicted octanol–water partition coefficient (Wildman–Crippen LogP) is -0.173. The van der Waals surface area contributed by atoms with Gasteiger partial charge < -0.3 is 24.6 Å². The van der Waals surface area contributed by atoms with Crippen molar-refractivity contribution in [3.8, 4) is 11.5 Å². The fourth-order valence-electron chi connectivity index (χ4n) is 3.56. The van der Waals surface area contributed by atoms with Gasteiger partial charge in [0.2, 0.25) is 0 Å². The molecule has 1 aliphatic rings. The van der Waals surface area contributed by atoms with E-state index in [1.807, 2.05) is 48.5 Å². The third-order valence-electron chi connectivity index (χ3n) is 5.28. The molecule has 29 heavy (non-hydrogen) atoms. The van der Waals surface area contributed by atoms with Crippen LogP contribution in [0.3, 0.4) is 0 Å². The van der Waals surface area contributed by atoms with Gasteiger partial charge in [-0.25, -0.2) is 0 Å². The normalized spacial score (nSPS) is 18.8. The van der Waals surface area contributed by atoms with Crippen LogP contribution in [0.25, 0.3) is 0 Å². The largest absolute Gasteiger partial charge is 0.496 e. The first-order valence-electron chi connectivity index (χ1n) is 10.1. The van der Waals surface area contributed by atoms with E-state index in [4.69, 9.17) is 21.1 Å². The van der Waals surface area contributed by atoms with Gasteiger partial charge in [0.05, 0.1) is 7.11 Å². The summed E-state index contributed by atoms with van der Waals surface area (Å²) in [6.07, 6.45) is 0. The van der Waals surface area contributed by atoms with Crippen LogP contribution < -0.4 is 24.6 Å². The van der Waals surface area contributed by atoms with E-state index in [0.29, 0.717) is 24.7 Å². The first kappa shape index (κ1) is 21.4. The van der Waals surface area contributed by atoms with Crippen molar-refractivity contribution in [2.45, 2.75) is 6.54 Å². The summed E-state index contributed by atoms with van der Waals surface area (Å²) in [5.41, 5.74) is 0.994. The number of piperazine rings is 1. The average molecular weight is 420 g/mol. The summed E-state index contributed by atoms with van der Waals surface area (Å²) in [5, 5.41) is 3.73. The Kier molecular flexibility index (Phi) is 8.16. The molecule has 0 unspecified atom stereocenters. The lowest BCUT2D eigenvalue weighted by Crippen LogP contribution is -3.28. The lowest BCUT2D eigenvalue weighted by Gasteiger charge is -2.29. The van der Waals surface area contributed by atoms with Gasteiger partial charge in [-0.1, -0.05) is 29.8 Å². The number of benzene rings is 2. The lowest BCUT2D eigenvalue weighted by molar-refractivity contribution is -1.01. The predicted molar refractivity (Wildman–Crippen MR) is 113 cm³/mol. The minimum atomic E-state index is 0.0837. The maximum Gasteiger partial charge on any atom is 0.275 e. The van der Waals surface area contributed by atoms with Crippen LogP contribution in [0.15, 0.2) is 48.5 Å². The summed E-state index contributed by atoms with van der Waals surface area (Å²) >= 11 is 5.89. The van der Waals surface area contributed by atoms with E-state index in [-0.39, 0.29) is 5.91 Å². The summed E-state index contributed by atoms with van der Waals surface area (Å²) in [4.78, 5) is 15.2. The number of ether oxygens (including phenoxy) is 2. The molecule has 0 radical (unpaired) electrons. The Hall–Kier alpha value is -2.28. The van der Waals surface area contributed by atoms with Gasteiger partial charge in [-0.05, 0) is 30.3 Å². The standard InChI is InChI=1S/C22H28ClN3O3/c1-28-21-5-3-2-4-18(21)16-24-22(27)17-26-12-10-25(11-13-26)14-15-29-20-8-6-19(23)7-9-20/h2-9H,10-17H2,1H3,(H,24,27)/p+2. The molecule has 0 bridgehead atoms. The van der Waals surface area contributed by atoms with Crippen LogP contribution in [-0.2, 0) is 11.3 Å². The van der Waals surface area contributed by atoms with Gasteiger partial charge in [-0.15, -0.1) is 0 Å². The maximum atomic E-state index is 12.3. The van der Waals surface area contributed by atoms with E-state index in [1.54, 1.807) is 7.11 Å². The first-order valence-corrected chi connectivity index (χ1v) is 10.5. The molecule has 3 N–H and O–H groups in total. The Balaban J connectivity index is 1.32. The third-order valence-corrected chi connectivity index (χ3v) is 5.53. The van der Waals surface area contributed by atoms with Gasteiger partial charge in [0, 0.05) is 17.1 Å². The fourth-order valence-corrected chi connectivity index (χ4v) is 3.69. The smallest absolute Gasteiger partial charge is 0.275 e. The van der Waals surface area contributed by atoms with Crippen molar-refractivity contribution >= 4 is 17.5 Å². The summed E-state index contributed by atoms with van der Waals surface area (Å²) in [6.45, 7) is 6.77. The van der Waals surface area contributed by atoms with E-state index in [1.165, 1.54) is 9.80 Å². The van der Waals surface area contributed by atoms with Crippen LogP contribution in [0.1, 0.15) is 5.56 Å². The van der Waals surface area contributed by atoms with Gasteiger partial charge in [-0.2, -0.15) is 0 Å². The number of methoxy groups -OCH3 is 1. The number of amides is 1. The van der Waals surface area contributed by atoms with E-state index in [9.17, 15) is 4.79 Å². The van der Waals surface area contributed by atoms with Crippen molar-refractivity contribution in [3.05, 3.63) is 59.1 Å². The third kappa shape index (κ3) is 6.92. The Morgan fingerprint density at radius 1 is 1.03 bits per heavy atom. The highest BCUT2D eigenvalue weighted by Crippen LogP contribution is 2.16. The van der Waals surface area contributed by atoms with Crippen LogP contribution >= 0.6 is 11.6 Å². The van der Waals surface area contributed by atoms with Crippen molar-refractivity contribution in [1.29, 1.82) is 0 Å². The van der Waals surface area contributed by atoms with Gasteiger partial charge in [0.1, 0.15) is 50.8 Å². The second-order valence-electron chi connectivity index (χ2n) is 7.32. The van der Waals surface area contributed by atoms with Gasteiger partial charge >= 0.3 is 0 Å². The monoisotopic (exact) mass is 419 g/mol. The minimum absolute atomic E-state index is 0.0837. The summed E-state index contributed by atoms with van der Waals surface area (Å²) in [7, 11) is 1.65. The molecule has 0 atom stereocenters. The highest BCUT2D eigenvalue weighted by atomic mass is 35.5. The van der Waals surface area contributed by atoms with E-state index in [0.717, 1.165) is 49.8 Å². The molecular weight excluding hydrogens is 390 g/mol. The topological polar surface area (TPSA) is 56.4 Å². The molecular formula is C22H30ClN3O3+2. The fraction of sp³-hybridized carbons (Fsp3) is 0.409. The second-order valence-corrected chi connectivity index (χ2v) is 7.75. The first-order chi connectivity index (χ1) is 14.1. The highest BCUT2D eigenvalue weighted by molar-refractivity contribution is 6.30. The zero-order valence-electron chi connectivity index (χ0n) is 16.9. The van der Waals surface area contributed by atoms with Crippen LogP contribution in [0, 0.1) is 0 Å². The van der Waals surface area contributed by atoms with Crippen LogP contribution in [-0.4, -0.2) is 58.9 Å². The number of carbonyl (C=O) groups is 1. The zero-order valence-corrected chi connectivity index (χ0v) is 17.6. The molecule has 1 aliphatic heterocycles. The number of nitrogens with one attached hydrogen (secondary N) is 3. The van der Waals surface area contributed by atoms with E-state index < -0.39 is 0 Å². The molecule has 156 valence electrons. The molecule has 0 aliphatic carbocycles. The zero-order chi connectivity index (χ0) is 20.5. The Bertz CT molecular complexity index is 777. The molecule has 0 saturated carbocycles. The Labute approximate surface area is 177 Å². The molecule has 2 aromatic carbocycles. The number of hydrogen-bond donors (Lipinski definition) is 3. The molecule has 0 spiro atoms. The van der Waals surface area contributed by atoms with Gasteiger partial charge in [0.25, 0.3) is 5.91 Å². The molecule has 1 amide bonds. The molecule has 6 nitrogen and oxygen atoms in total.